The van der Waals surface area contributed by atoms with Gasteiger partial charge in [0.25, 0.3) is 5.91 Å². The van der Waals surface area contributed by atoms with Gasteiger partial charge in [0.15, 0.2) is 11.7 Å². The van der Waals surface area contributed by atoms with Gasteiger partial charge in [-0.3, -0.25) is 10.1 Å². The quantitative estimate of drug-likeness (QED) is 0.684. The van der Waals surface area contributed by atoms with E-state index in [2.05, 4.69) is 10.3 Å². The Hall–Kier alpha value is -3.06. The number of benzene rings is 2. The van der Waals surface area contributed by atoms with E-state index in [1.165, 1.54) is 11.3 Å². The van der Waals surface area contributed by atoms with Gasteiger partial charge in [-0.2, -0.15) is 0 Å². The number of rotatable bonds is 7. The van der Waals surface area contributed by atoms with Crippen molar-refractivity contribution >= 4 is 22.4 Å². The van der Waals surface area contributed by atoms with Crippen LogP contribution in [0.3, 0.4) is 0 Å². The predicted molar refractivity (Wildman–Crippen MR) is 101 cm³/mol. The molecule has 0 aliphatic carbocycles. The van der Waals surface area contributed by atoms with Crippen LogP contribution < -0.4 is 19.5 Å². The molecule has 1 aromatic heterocycles. The summed E-state index contributed by atoms with van der Waals surface area (Å²) in [4.78, 5) is 16.5. The SMILES string of the molecule is COc1cccc(OCC(=O)Nc2nc(-c3cccc(OC)c3)cs2)c1. The van der Waals surface area contributed by atoms with Crippen molar-refractivity contribution in [1.82, 2.24) is 4.98 Å². The Morgan fingerprint density at radius 2 is 1.73 bits per heavy atom. The number of hydrogen-bond acceptors (Lipinski definition) is 6. The average Bonchev–Trinajstić information content (AvgIpc) is 3.15. The molecule has 6 nitrogen and oxygen atoms in total. The molecule has 1 amide bonds. The number of carbonyl (C=O) groups is 1. The number of amides is 1. The number of carbonyl (C=O) groups excluding carboxylic acids is 1. The Bertz CT molecular complexity index is 895. The van der Waals surface area contributed by atoms with Gasteiger partial charge in [0.05, 0.1) is 19.9 Å². The number of aromatic nitrogens is 1. The Labute approximate surface area is 155 Å². The number of thiazole rings is 1. The Morgan fingerprint density at radius 3 is 2.50 bits per heavy atom. The molecule has 0 saturated heterocycles. The van der Waals surface area contributed by atoms with Crippen LogP contribution in [-0.2, 0) is 4.79 Å². The van der Waals surface area contributed by atoms with Crippen molar-refractivity contribution < 1.29 is 19.0 Å². The van der Waals surface area contributed by atoms with Crippen LogP contribution >= 0.6 is 11.3 Å². The van der Waals surface area contributed by atoms with Crippen LogP contribution in [-0.4, -0.2) is 31.7 Å². The molecule has 7 heteroatoms. The highest BCUT2D eigenvalue weighted by Gasteiger charge is 2.09. The van der Waals surface area contributed by atoms with Crippen LogP contribution in [0.4, 0.5) is 5.13 Å². The molecule has 0 aliphatic rings. The average molecular weight is 370 g/mol. The molecule has 0 fully saturated rings. The molecule has 2 aromatic carbocycles. The van der Waals surface area contributed by atoms with Crippen LogP contribution in [0.5, 0.6) is 17.2 Å². The lowest BCUT2D eigenvalue weighted by molar-refractivity contribution is -0.118. The number of anilines is 1. The normalized spacial score (nSPS) is 10.2. The third-order valence-corrected chi connectivity index (χ3v) is 4.28. The number of ether oxygens (including phenoxy) is 3. The van der Waals surface area contributed by atoms with E-state index >= 15 is 0 Å². The molecule has 0 radical (unpaired) electrons. The van der Waals surface area contributed by atoms with E-state index in [-0.39, 0.29) is 12.5 Å². The third-order valence-electron chi connectivity index (χ3n) is 3.53. The zero-order valence-corrected chi connectivity index (χ0v) is 15.2. The summed E-state index contributed by atoms with van der Waals surface area (Å²) in [6.07, 6.45) is 0. The molecule has 1 heterocycles. The molecule has 3 aromatic rings. The van der Waals surface area contributed by atoms with Crippen molar-refractivity contribution in [3.63, 3.8) is 0 Å². The van der Waals surface area contributed by atoms with E-state index in [0.29, 0.717) is 16.6 Å². The smallest absolute Gasteiger partial charge is 0.264 e. The van der Waals surface area contributed by atoms with Gasteiger partial charge in [-0.1, -0.05) is 18.2 Å². The van der Waals surface area contributed by atoms with E-state index in [1.54, 1.807) is 32.4 Å². The summed E-state index contributed by atoms with van der Waals surface area (Å²) in [5.41, 5.74) is 1.70. The van der Waals surface area contributed by atoms with E-state index in [9.17, 15) is 4.79 Å². The first-order chi connectivity index (χ1) is 12.7. The fourth-order valence-corrected chi connectivity index (χ4v) is 2.98. The summed E-state index contributed by atoms with van der Waals surface area (Å²) in [7, 11) is 3.20. The monoisotopic (exact) mass is 370 g/mol. The van der Waals surface area contributed by atoms with Crippen molar-refractivity contribution in [3.8, 4) is 28.5 Å². The lowest BCUT2D eigenvalue weighted by Gasteiger charge is -2.07. The number of nitrogens with one attached hydrogen (secondary N) is 1. The van der Waals surface area contributed by atoms with Gasteiger partial charge >= 0.3 is 0 Å². The number of nitrogens with zero attached hydrogens (tertiary/aromatic N) is 1. The van der Waals surface area contributed by atoms with E-state index in [1.807, 2.05) is 35.7 Å². The highest BCUT2D eigenvalue weighted by Crippen LogP contribution is 2.27. The second-order valence-electron chi connectivity index (χ2n) is 5.29. The molecule has 0 spiro atoms. The second-order valence-corrected chi connectivity index (χ2v) is 6.14. The minimum atomic E-state index is -0.278. The van der Waals surface area contributed by atoms with Gasteiger partial charge in [-0.15, -0.1) is 11.3 Å². The lowest BCUT2D eigenvalue weighted by atomic mass is 10.2. The third kappa shape index (κ3) is 4.52. The minimum absolute atomic E-state index is 0.110. The summed E-state index contributed by atoms with van der Waals surface area (Å²) in [5, 5.41) is 5.14. The van der Waals surface area contributed by atoms with Crippen LogP contribution in [0, 0.1) is 0 Å². The first-order valence-corrected chi connectivity index (χ1v) is 8.72. The zero-order valence-electron chi connectivity index (χ0n) is 14.4. The topological polar surface area (TPSA) is 69.7 Å². The largest absolute Gasteiger partial charge is 0.497 e. The van der Waals surface area contributed by atoms with Crippen LogP contribution in [0.25, 0.3) is 11.3 Å². The first-order valence-electron chi connectivity index (χ1n) is 7.84. The maximum absolute atomic E-state index is 12.1. The molecule has 0 saturated carbocycles. The lowest BCUT2D eigenvalue weighted by Crippen LogP contribution is -2.20. The molecule has 0 aliphatic heterocycles. The predicted octanol–water partition coefficient (Wildman–Crippen LogP) is 3.84. The number of methoxy groups -OCH3 is 2. The van der Waals surface area contributed by atoms with E-state index in [0.717, 1.165) is 17.0 Å². The first kappa shape index (κ1) is 17.8. The molecule has 0 atom stereocenters. The van der Waals surface area contributed by atoms with E-state index < -0.39 is 0 Å². The molecule has 134 valence electrons. The van der Waals surface area contributed by atoms with Gasteiger partial charge in [0.1, 0.15) is 17.2 Å². The fourth-order valence-electron chi connectivity index (χ4n) is 2.24. The summed E-state index contributed by atoms with van der Waals surface area (Å²) >= 11 is 1.35. The fraction of sp³-hybridized carbons (Fsp3) is 0.158. The number of hydrogen-bond donors (Lipinski definition) is 1. The summed E-state index contributed by atoms with van der Waals surface area (Å²) in [6.45, 7) is -0.110. The molecule has 26 heavy (non-hydrogen) atoms. The Balaban J connectivity index is 1.58. The van der Waals surface area contributed by atoms with Crippen molar-refractivity contribution in [3.05, 3.63) is 53.9 Å². The zero-order chi connectivity index (χ0) is 18.4. The van der Waals surface area contributed by atoms with Crippen molar-refractivity contribution in [2.45, 2.75) is 0 Å². The molecule has 0 bridgehead atoms. The maximum Gasteiger partial charge on any atom is 0.264 e. The van der Waals surface area contributed by atoms with Crippen LogP contribution in [0.15, 0.2) is 53.9 Å². The summed E-state index contributed by atoms with van der Waals surface area (Å²) in [6, 6.07) is 14.7. The summed E-state index contributed by atoms with van der Waals surface area (Å²) in [5.74, 6) is 1.72. The molecule has 1 N–H and O–H groups in total. The second kappa shape index (κ2) is 8.35. The highest BCUT2D eigenvalue weighted by molar-refractivity contribution is 7.14. The van der Waals surface area contributed by atoms with Crippen LogP contribution in [0.2, 0.25) is 0 Å². The Kier molecular flexibility index (Phi) is 5.70. The van der Waals surface area contributed by atoms with Crippen molar-refractivity contribution in [2.24, 2.45) is 0 Å². The Morgan fingerprint density at radius 1 is 1.04 bits per heavy atom. The van der Waals surface area contributed by atoms with Gasteiger partial charge in [0.2, 0.25) is 0 Å². The molecule has 0 unspecified atom stereocenters. The van der Waals surface area contributed by atoms with Crippen LogP contribution in [0.1, 0.15) is 0 Å². The standard InChI is InChI=1S/C19H18N2O4S/c1-23-14-6-3-5-13(9-14)17-12-26-19(20-17)21-18(22)11-25-16-8-4-7-15(10-16)24-2/h3-10,12H,11H2,1-2H3,(H,20,21,22). The molecular formula is C19H18N2O4S. The molecule has 3 rings (SSSR count). The van der Waals surface area contributed by atoms with Crippen molar-refractivity contribution in [1.29, 1.82) is 0 Å². The van der Waals surface area contributed by atoms with E-state index in [4.69, 9.17) is 14.2 Å². The maximum atomic E-state index is 12.1. The molecular weight excluding hydrogens is 352 g/mol. The highest BCUT2D eigenvalue weighted by atomic mass is 32.1. The minimum Gasteiger partial charge on any atom is -0.497 e. The van der Waals surface area contributed by atoms with Gasteiger partial charge in [0, 0.05) is 17.0 Å². The van der Waals surface area contributed by atoms with Crippen molar-refractivity contribution in [2.75, 3.05) is 26.1 Å². The summed E-state index contributed by atoms with van der Waals surface area (Å²) < 4.78 is 15.8. The van der Waals surface area contributed by atoms with Gasteiger partial charge < -0.3 is 14.2 Å². The van der Waals surface area contributed by atoms with Gasteiger partial charge in [-0.25, -0.2) is 4.98 Å². The van der Waals surface area contributed by atoms with Gasteiger partial charge in [-0.05, 0) is 24.3 Å².